The van der Waals surface area contributed by atoms with Gasteiger partial charge in [0, 0.05) is 42.0 Å². The Morgan fingerprint density at radius 2 is 1.81 bits per heavy atom. The number of pyridine rings is 1. The van der Waals surface area contributed by atoms with Crippen molar-refractivity contribution in [1.29, 1.82) is 0 Å². The van der Waals surface area contributed by atoms with Crippen molar-refractivity contribution in [3.63, 3.8) is 0 Å². The van der Waals surface area contributed by atoms with Crippen LogP contribution in [0.5, 0.6) is 5.75 Å². The molecule has 0 unspecified atom stereocenters. The van der Waals surface area contributed by atoms with Crippen LogP contribution in [-0.2, 0) is 6.54 Å². The number of nitrogens with one attached hydrogen (secondary N) is 1. The van der Waals surface area contributed by atoms with Crippen molar-refractivity contribution in [3.05, 3.63) is 90.1 Å². The van der Waals surface area contributed by atoms with E-state index < -0.39 is 0 Å². The molecular formula is C26H23N3O2. The van der Waals surface area contributed by atoms with E-state index in [1.807, 2.05) is 48.7 Å². The fourth-order valence-electron chi connectivity index (χ4n) is 4.09. The topological polar surface area (TPSA) is 54.5 Å². The van der Waals surface area contributed by atoms with Crippen molar-refractivity contribution >= 4 is 22.5 Å². The van der Waals surface area contributed by atoms with Crippen molar-refractivity contribution in [2.75, 3.05) is 25.1 Å². The standard InChI is InChI=1S/C26H23N3O2/c1-27-26(30)19-8-6-18(7-9-19)20-10-11-25-21(16-20)17-29(14-15-31-25)24-12-13-28-23-5-3-2-4-22(23)24/h2-13,16H,14-15,17H2,1H3,(H,27,30). The van der Waals surface area contributed by atoms with Gasteiger partial charge in [0.15, 0.2) is 0 Å². The van der Waals surface area contributed by atoms with Crippen molar-refractivity contribution in [2.24, 2.45) is 0 Å². The molecule has 0 radical (unpaired) electrons. The van der Waals surface area contributed by atoms with Crippen LogP contribution in [0.2, 0.25) is 0 Å². The Labute approximate surface area is 181 Å². The molecule has 5 rings (SSSR count). The Morgan fingerprint density at radius 3 is 2.65 bits per heavy atom. The van der Waals surface area contributed by atoms with Gasteiger partial charge in [-0.1, -0.05) is 36.4 Å². The monoisotopic (exact) mass is 409 g/mol. The molecule has 0 spiro atoms. The summed E-state index contributed by atoms with van der Waals surface area (Å²) in [6.45, 7) is 2.19. The molecular weight excluding hydrogens is 386 g/mol. The summed E-state index contributed by atoms with van der Waals surface area (Å²) in [5, 5.41) is 3.80. The number of ether oxygens (including phenoxy) is 1. The summed E-state index contributed by atoms with van der Waals surface area (Å²) in [5.74, 6) is 0.841. The van der Waals surface area contributed by atoms with E-state index in [0.717, 1.165) is 46.4 Å². The molecule has 5 heteroatoms. The number of hydrogen-bond acceptors (Lipinski definition) is 4. The van der Waals surface area contributed by atoms with Crippen molar-refractivity contribution in [2.45, 2.75) is 6.54 Å². The molecule has 2 heterocycles. The molecule has 1 N–H and O–H groups in total. The van der Waals surface area contributed by atoms with E-state index in [1.165, 1.54) is 5.69 Å². The van der Waals surface area contributed by atoms with E-state index in [9.17, 15) is 4.79 Å². The molecule has 5 nitrogen and oxygen atoms in total. The third kappa shape index (κ3) is 3.70. The number of hydrogen-bond donors (Lipinski definition) is 1. The third-order valence-electron chi connectivity index (χ3n) is 5.71. The number of benzene rings is 3. The summed E-state index contributed by atoms with van der Waals surface area (Å²) < 4.78 is 6.06. The van der Waals surface area contributed by atoms with Crippen LogP contribution < -0.4 is 15.0 Å². The normalized spacial score (nSPS) is 13.3. The maximum absolute atomic E-state index is 11.8. The number of para-hydroxylation sites is 1. The molecule has 0 aliphatic carbocycles. The van der Waals surface area contributed by atoms with Gasteiger partial charge < -0.3 is 15.0 Å². The van der Waals surface area contributed by atoms with Gasteiger partial charge in [0.25, 0.3) is 5.91 Å². The first kappa shape index (κ1) is 19.1. The molecule has 1 aromatic heterocycles. The first-order chi connectivity index (χ1) is 15.2. The summed E-state index contributed by atoms with van der Waals surface area (Å²) in [6, 6.07) is 24.3. The zero-order valence-electron chi connectivity index (χ0n) is 17.3. The van der Waals surface area contributed by atoms with E-state index >= 15 is 0 Å². The molecule has 0 atom stereocenters. The molecule has 0 saturated heterocycles. The first-order valence-corrected chi connectivity index (χ1v) is 10.4. The lowest BCUT2D eigenvalue weighted by atomic mass is 10.0. The quantitative estimate of drug-likeness (QED) is 0.535. The fourth-order valence-corrected chi connectivity index (χ4v) is 4.09. The number of fused-ring (bicyclic) bond motifs is 2. The average Bonchev–Trinajstić information content (AvgIpc) is 3.05. The van der Waals surface area contributed by atoms with Crippen LogP contribution in [0.1, 0.15) is 15.9 Å². The molecule has 154 valence electrons. The highest BCUT2D eigenvalue weighted by Crippen LogP contribution is 2.33. The van der Waals surface area contributed by atoms with Crippen LogP contribution in [0.15, 0.2) is 79.0 Å². The molecule has 0 bridgehead atoms. The Morgan fingerprint density at radius 1 is 1.00 bits per heavy atom. The number of amides is 1. The third-order valence-corrected chi connectivity index (χ3v) is 5.71. The molecule has 3 aromatic carbocycles. The van der Waals surface area contributed by atoms with Gasteiger partial charge in [-0.25, -0.2) is 0 Å². The maximum Gasteiger partial charge on any atom is 0.251 e. The number of carbonyl (C=O) groups is 1. The molecule has 0 fully saturated rings. The summed E-state index contributed by atoms with van der Waals surface area (Å²) in [5.41, 5.74) is 6.14. The summed E-state index contributed by atoms with van der Waals surface area (Å²) in [6.07, 6.45) is 1.87. The number of aromatic nitrogens is 1. The molecule has 1 aliphatic heterocycles. The van der Waals surface area contributed by atoms with Crippen LogP contribution in [0.4, 0.5) is 5.69 Å². The van der Waals surface area contributed by atoms with E-state index in [2.05, 4.69) is 45.5 Å². The first-order valence-electron chi connectivity index (χ1n) is 10.4. The Balaban J connectivity index is 1.48. The zero-order chi connectivity index (χ0) is 21.2. The molecule has 1 amide bonds. The Bertz CT molecular complexity index is 1250. The van der Waals surface area contributed by atoms with Gasteiger partial charge in [-0.15, -0.1) is 0 Å². The second kappa shape index (κ2) is 8.11. The van der Waals surface area contributed by atoms with Crippen molar-refractivity contribution in [1.82, 2.24) is 10.3 Å². The minimum atomic E-state index is -0.0814. The summed E-state index contributed by atoms with van der Waals surface area (Å²) in [4.78, 5) is 18.7. The largest absolute Gasteiger partial charge is 0.491 e. The molecule has 4 aromatic rings. The Kier molecular flexibility index (Phi) is 5.00. The highest BCUT2D eigenvalue weighted by Gasteiger charge is 2.18. The number of carbonyl (C=O) groups excluding carboxylic acids is 1. The summed E-state index contributed by atoms with van der Waals surface area (Å²) >= 11 is 0. The SMILES string of the molecule is CNC(=O)c1ccc(-c2ccc3c(c2)CN(c2ccnc4ccccc24)CCO3)cc1. The number of rotatable bonds is 3. The van der Waals surface area contributed by atoms with Gasteiger partial charge in [0.2, 0.25) is 0 Å². The zero-order valence-corrected chi connectivity index (χ0v) is 17.3. The van der Waals surface area contributed by atoms with Crippen molar-refractivity contribution < 1.29 is 9.53 Å². The van der Waals surface area contributed by atoms with Gasteiger partial charge in [-0.2, -0.15) is 0 Å². The van der Waals surface area contributed by atoms with Crippen LogP contribution in [0.3, 0.4) is 0 Å². The lowest BCUT2D eigenvalue weighted by Crippen LogP contribution is -2.25. The molecule has 1 aliphatic rings. The predicted molar refractivity (Wildman–Crippen MR) is 124 cm³/mol. The number of nitrogens with zero attached hydrogens (tertiary/aromatic N) is 2. The second-order valence-corrected chi connectivity index (χ2v) is 7.60. The van der Waals surface area contributed by atoms with E-state index in [-0.39, 0.29) is 5.91 Å². The van der Waals surface area contributed by atoms with Gasteiger partial charge in [0.1, 0.15) is 12.4 Å². The van der Waals surface area contributed by atoms with Gasteiger partial charge >= 0.3 is 0 Å². The van der Waals surface area contributed by atoms with Crippen LogP contribution in [0.25, 0.3) is 22.0 Å². The lowest BCUT2D eigenvalue weighted by molar-refractivity contribution is 0.0963. The van der Waals surface area contributed by atoms with Crippen LogP contribution in [-0.4, -0.2) is 31.1 Å². The second-order valence-electron chi connectivity index (χ2n) is 7.60. The van der Waals surface area contributed by atoms with E-state index in [0.29, 0.717) is 12.2 Å². The smallest absolute Gasteiger partial charge is 0.251 e. The van der Waals surface area contributed by atoms with Gasteiger partial charge in [-0.05, 0) is 47.5 Å². The maximum atomic E-state index is 11.8. The van der Waals surface area contributed by atoms with E-state index in [1.54, 1.807) is 7.05 Å². The van der Waals surface area contributed by atoms with Crippen LogP contribution in [0, 0.1) is 0 Å². The highest BCUT2D eigenvalue weighted by atomic mass is 16.5. The minimum absolute atomic E-state index is 0.0814. The van der Waals surface area contributed by atoms with Crippen molar-refractivity contribution in [3.8, 4) is 16.9 Å². The highest BCUT2D eigenvalue weighted by molar-refractivity contribution is 5.94. The van der Waals surface area contributed by atoms with Crippen LogP contribution >= 0.6 is 0 Å². The minimum Gasteiger partial charge on any atom is -0.491 e. The fraction of sp³-hybridized carbons (Fsp3) is 0.154. The molecule has 0 saturated carbocycles. The summed E-state index contributed by atoms with van der Waals surface area (Å²) in [7, 11) is 1.64. The molecule has 31 heavy (non-hydrogen) atoms. The van der Waals surface area contributed by atoms with Gasteiger partial charge in [-0.3, -0.25) is 9.78 Å². The lowest BCUT2D eigenvalue weighted by Gasteiger charge is -2.23. The van der Waals surface area contributed by atoms with E-state index in [4.69, 9.17) is 4.74 Å². The Hall–Kier alpha value is -3.86. The number of anilines is 1. The van der Waals surface area contributed by atoms with Gasteiger partial charge in [0.05, 0.1) is 12.1 Å². The average molecular weight is 409 g/mol. The predicted octanol–water partition coefficient (Wildman–Crippen LogP) is 4.66.